The van der Waals surface area contributed by atoms with Gasteiger partial charge in [-0.15, -0.1) is 0 Å². The van der Waals surface area contributed by atoms with Crippen LogP contribution in [-0.4, -0.2) is 20.4 Å². The molecule has 6 rings (SSSR count). The third-order valence-corrected chi connectivity index (χ3v) is 6.51. The Balaban J connectivity index is 1.32. The fourth-order valence-electron chi connectivity index (χ4n) is 4.58. The van der Waals surface area contributed by atoms with Crippen molar-refractivity contribution < 1.29 is 4.79 Å². The van der Waals surface area contributed by atoms with E-state index in [9.17, 15) is 9.59 Å². The highest BCUT2D eigenvalue weighted by atomic mass is 16.1. The van der Waals surface area contributed by atoms with Crippen molar-refractivity contribution in [2.24, 2.45) is 0 Å². The molecule has 6 nitrogen and oxygen atoms in total. The van der Waals surface area contributed by atoms with Crippen LogP contribution in [0.1, 0.15) is 21.6 Å². The van der Waals surface area contributed by atoms with E-state index in [-0.39, 0.29) is 11.5 Å². The molecular weight excluding hydrogens is 484 g/mol. The first kappa shape index (κ1) is 24.0. The van der Waals surface area contributed by atoms with Gasteiger partial charge in [0.1, 0.15) is 11.2 Å². The number of anilines is 1. The Morgan fingerprint density at radius 3 is 2.23 bits per heavy atom. The van der Waals surface area contributed by atoms with E-state index in [4.69, 9.17) is 0 Å². The standard InChI is InChI=1S/C33H24N4O2/c38-32(26-18-16-25(17-19-26)24-11-5-2-6-12-24)35-27-13-7-14-28(22-27)37-31-29(15-8-20-34-31)36-30(33(37)39)21-23-9-3-1-4-10-23/h1-20,22H,21H2,(H,35,38). The molecule has 39 heavy (non-hydrogen) atoms. The minimum absolute atomic E-state index is 0.235. The zero-order valence-corrected chi connectivity index (χ0v) is 21.0. The van der Waals surface area contributed by atoms with Crippen molar-refractivity contribution in [2.75, 3.05) is 5.32 Å². The smallest absolute Gasteiger partial charge is 0.278 e. The number of nitrogens with one attached hydrogen (secondary N) is 1. The molecule has 1 amide bonds. The van der Waals surface area contributed by atoms with Crippen molar-refractivity contribution in [3.8, 4) is 16.8 Å². The summed E-state index contributed by atoms with van der Waals surface area (Å²) in [5.41, 5.74) is 6.09. The molecule has 0 fully saturated rings. The molecule has 6 heteroatoms. The maximum absolute atomic E-state index is 13.7. The number of hydrogen-bond donors (Lipinski definition) is 1. The lowest BCUT2D eigenvalue weighted by Crippen LogP contribution is -2.25. The van der Waals surface area contributed by atoms with E-state index in [0.717, 1.165) is 16.7 Å². The number of aromatic nitrogens is 3. The molecule has 0 bridgehead atoms. The monoisotopic (exact) mass is 508 g/mol. The van der Waals surface area contributed by atoms with Crippen molar-refractivity contribution in [1.82, 2.24) is 14.5 Å². The molecule has 0 saturated heterocycles. The van der Waals surface area contributed by atoms with E-state index in [0.29, 0.717) is 40.2 Å². The van der Waals surface area contributed by atoms with Crippen LogP contribution in [0, 0.1) is 0 Å². The van der Waals surface area contributed by atoms with Gasteiger partial charge in [0.25, 0.3) is 11.5 Å². The number of nitrogens with zero attached hydrogens (tertiary/aromatic N) is 3. The molecule has 0 saturated carbocycles. The van der Waals surface area contributed by atoms with Crippen LogP contribution in [0.2, 0.25) is 0 Å². The van der Waals surface area contributed by atoms with E-state index >= 15 is 0 Å². The second-order valence-corrected chi connectivity index (χ2v) is 9.16. The second-order valence-electron chi connectivity index (χ2n) is 9.16. The lowest BCUT2D eigenvalue weighted by atomic mass is 10.0. The van der Waals surface area contributed by atoms with Crippen LogP contribution in [0.15, 0.2) is 132 Å². The maximum Gasteiger partial charge on any atom is 0.278 e. The fourth-order valence-corrected chi connectivity index (χ4v) is 4.58. The number of benzene rings is 4. The van der Waals surface area contributed by atoms with Crippen LogP contribution in [0.25, 0.3) is 28.0 Å². The van der Waals surface area contributed by atoms with Crippen LogP contribution in [0.3, 0.4) is 0 Å². The number of hydrogen-bond acceptors (Lipinski definition) is 4. The number of pyridine rings is 1. The first-order valence-electron chi connectivity index (χ1n) is 12.6. The van der Waals surface area contributed by atoms with Gasteiger partial charge in [-0.2, -0.15) is 0 Å². The van der Waals surface area contributed by atoms with Crippen molar-refractivity contribution in [2.45, 2.75) is 6.42 Å². The van der Waals surface area contributed by atoms with E-state index in [1.807, 2.05) is 103 Å². The van der Waals surface area contributed by atoms with E-state index in [1.54, 1.807) is 29.0 Å². The lowest BCUT2D eigenvalue weighted by molar-refractivity contribution is 0.102. The SMILES string of the molecule is O=C(Nc1cccc(-n2c(=O)c(Cc3ccccc3)nc3cccnc32)c1)c1ccc(-c2ccccc2)cc1. The molecule has 1 N–H and O–H groups in total. The minimum Gasteiger partial charge on any atom is -0.322 e. The molecule has 0 aliphatic heterocycles. The summed E-state index contributed by atoms with van der Waals surface area (Å²) in [7, 11) is 0. The van der Waals surface area contributed by atoms with Gasteiger partial charge < -0.3 is 5.32 Å². The summed E-state index contributed by atoms with van der Waals surface area (Å²) in [5, 5.41) is 2.96. The molecule has 188 valence electrons. The largest absolute Gasteiger partial charge is 0.322 e. The highest BCUT2D eigenvalue weighted by Crippen LogP contribution is 2.21. The Labute approximate surface area is 225 Å². The molecular formula is C33H24N4O2. The van der Waals surface area contributed by atoms with Crippen LogP contribution in [0.4, 0.5) is 5.69 Å². The lowest BCUT2D eigenvalue weighted by Gasteiger charge is -2.13. The number of carbonyl (C=O) groups is 1. The number of amides is 1. The Morgan fingerprint density at radius 1 is 0.744 bits per heavy atom. The molecule has 6 aromatic rings. The molecule has 2 aromatic heterocycles. The second kappa shape index (κ2) is 10.6. The predicted molar refractivity (Wildman–Crippen MR) is 154 cm³/mol. The third kappa shape index (κ3) is 5.08. The van der Waals surface area contributed by atoms with Gasteiger partial charge in [0.15, 0.2) is 5.65 Å². The quantitative estimate of drug-likeness (QED) is 0.287. The van der Waals surface area contributed by atoms with Crippen molar-refractivity contribution in [3.05, 3.63) is 155 Å². The summed E-state index contributed by atoms with van der Waals surface area (Å²) < 4.78 is 1.56. The average Bonchev–Trinajstić information content (AvgIpc) is 2.99. The van der Waals surface area contributed by atoms with Crippen LogP contribution in [-0.2, 0) is 6.42 Å². The third-order valence-electron chi connectivity index (χ3n) is 6.51. The van der Waals surface area contributed by atoms with Gasteiger partial charge in [0.2, 0.25) is 0 Å². The zero-order valence-electron chi connectivity index (χ0n) is 21.0. The molecule has 0 spiro atoms. The van der Waals surface area contributed by atoms with Crippen molar-refractivity contribution >= 4 is 22.8 Å². The fraction of sp³-hybridized carbons (Fsp3) is 0.0303. The number of rotatable bonds is 6. The molecule has 2 heterocycles. The predicted octanol–water partition coefficient (Wildman–Crippen LogP) is 6.29. The van der Waals surface area contributed by atoms with Crippen molar-refractivity contribution in [1.29, 1.82) is 0 Å². The van der Waals surface area contributed by atoms with Gasteiger partial charge in [-0.25, -0.2) is 9.97 Å². The number of carbonyl (C=O) groups excluding carboxylic acids is 1. The summed E-state index contributed by atoms with van der Waals surface area (Å²) in [4.78, 5) is 35.8. The number of fused-ring (bicyclic) bond motifs is 1. The van der Waals surface area contributed by atoms with Crippen LogP contribution < -0.4 is 10.9 Å². The van der Waals surface area contributed by atoms with Gasteiger partial charge in [-0.1, -0.05) is 78.9 Å². The average molecular weight is 509 g/mol. The zero-order chi connectivity index (χ0) is 26.6. The van der Waals surface area contributed by atoms with Gasteiger partial charge in [-0.3, -0.25) is 14.2 Å². The first-order valence-corrected chi connectivity index (χ1v) is 12.6. The summed E-state index contributed by atoms with van der Waals surface area (Å²) in [6.45, 7) is 0. The molecule has 0 aliphatic carbocycles. The molecule has 0 aliphatic rings. The van der Waals surface area contributed by atoms with Crippen LogP contribution in [0.5, 0.6) is 0 Å². The minimum atomic E-state index is -0.245. The summed E-state index contributed by atoms with van der Waals surface area (Å²) in [5.74, 6) is -0.235. The summed E-state index contributed by atoms with van der Waals surface area (Å²) >= 11 is 0. The topological polar surface area (TPSA) is 76.9 Å². The maximum atomic E-state index is 13.7. The Bertz CT molecular complexity index is 1830. The highest BCUT2D eigenvalue weighted by molar-refractivity contribution is 6.04. The van der Waals surface area contributed by atoms with Crippen molar-refractivity contribution in [3.63, 3.8) is 0 Å². The van der Waals surface area contributed by atoms with Crippen LogP contribution >= 0.6 is 0 Å². The Morgan fingerprint density at radius 2 is 1.46 bits per heavy atom. The van der Waals surface area contributed by atoms with Gasteiger partial charge >= 0.3 is 0 Å². The molecule has 0 unspecified atom stereocenters. The highest BCUT2D eigenvalue weighted by Gasteiger charge is 2.15. The van der Waals surface area contributed by atoms with E-state index in [1.165, 1.54) is 0 Å². The molecule has 4 aromatic carbocycles. The molecule has 0 atom stereocenters. The van der Waals surface area contributed by atoms with Gasteiger partial charge in [-0.05, 0) is 59.2 Å². The Kier molecular flexibility index (Phi) is 6.50. The molecule has 0 radical (unpaired) electrons. The summed E-state index contributed by atoms with van der Waals surface area (Å²) in [6, 6.07) is 38.1. The van der Waals surface area contributed by atoms with E-state index in [2.05, 4.69) is 15.3 Å². The summed E-state index contributed by atoms with van der Waals surface area (Å²) in [6.07, 6.45) is 2.04. The van der Waals surface area contributed by atoms with E-state index < -0.39 is 0 Å². The van der Waals surface area contributed by atoms with Gasteiger partial charge in [0.05, 0.1) is 5.69 Å². The first-order chi connectivity index (χ1) is 19.2. The Hall–Kier alpha value is -5.36. The van der Waals surface area contributed by atoms with Gasteiger partial charge in [0, 0.05) is 23.9 Å². The normalized spacial score (nSPS) is 10.9.